The van der Waals surface area contributed by atoms with Crippen molar-refractivity contribution in [2.45, 2.75) is 17.9 Å². The average molecular weight is 391 g/mol. The first kappa shape index (κ1) is 19.6. The summed E-state index contributed by atoms with van der Waals surface area (Å²) in [4.78, 5) is 24.8. The van der Waals surface area contributed by atoms with Crippen LogP contribution in [0.2, 0.25) is 5.02 Å². The van der Waals surface area contributed by atoms with Crippen LogP contribution in [0.1, 0.15) is 22.8 Å². The molecular formula is C18H15ClN2O4S. The Morgan fingerprint density at radius 2 is 1.96 bits per heavy atom. The SMILES string of the molecule is C[C@@H](OC(=O)c1ccccc1[S@@](C)=O)C(=O)Nc1ccc(C#N)c(Cl)c1. The summed E-state index contributed by atoms with van der Waals surface area (Å²) in [6.07, 6.45) is 0.368. The number of carbonyl (C=O) groups excluding carboxylic acids is 2. The molecule has 6 nitrogen and oxygen atoms in total. The maximum absolute atomic E-state index is 12.3. The number of esters is 1. The molecule has 0 aromatic heterocycles. The number of carbonyl (C=O) groups is 2. The summed E-state index contributed by atoms with van der Waals surface area (Å²) < 4.78 is 16.9. The van der Waals surface area contributed by atoms with E-state index in [1.54, 1.807) is 18.2 Å². The minimum Gasteiger partial charge on any atom is -0.449 e. The second-order valence-corrected chi connectivity index (χ2v) is 7.05. The van der Waals surface area contributed by atoms with Gasteiger partial charge in [0.1, 0.15) is 6.07 Å². The second-order valence-electron chi connectivity index (χ2n) is 5.29. The molecule has 0 saturated carbocycles. The van der Waals surface area contributed by atoms with Crippen molar-refractivity contribution >= 4 is 40.0 Å². The average Bonchev–Trinajstić information content (AvgIpc) is 2.61. The topological polar surface area (TPSA) is 96.3 Å². The molecule has 0 fully saturated rings. The first-order valence-corrected chi connectivity index (χ1v) is 9.41. The van der Waals surface area contributed by atoms with E-state index in [9.17, 15) is 13.8 Å². The van der Waals surface area contributed by atoms with Crippen LogP contribution < -0.4 is 5.32 Å². The highest BCUT2D eigenvalue weighted by molar-refractivity contribution is 7.84. The molecule has 0 bridgehead atoms. The van der Waals surface area contributed by atoms with Gasteiger partial charge in [-0.15, -0.1) is 0 Å². The van der Waals surface area contributed by atoms with Gasteiger partial charge in [0, 0.05) is 11.9 Å². The molecule has 2 rings (SSSR count). The summed E-state index contributed by atoms with van der Waals surface area (Å²) >= 11 is 5.92. The van der Waals surface area contributed by atoms with Gasteiger partial charge in [0.15, 0.2) is 6.10 Å². The molecule has 1 N–H and O–H groups in total. The Kier molecular flexibility index (Phi) is 6.50. The Morgan fingerprint density at radius 3 is 2.58 bits per heavy atom. The van der Waals surface area contributed by atoms with Crippen molar-refractivity contribution in [1.82, 2.24) is 0 Å². The highest BCUT2D eigenvalue weighted by Gasteiger charge is 2.22. The number of halogens is 1. The normalized spacial score (nSPS) is 12.5. The number of hydrogen-bond donors (Lipinski definition) is 1. The maximum atomic E-state index is 12.3. The number of ether oxygens (including phenoxy) is 1. The molecule has 2 aromatic rings. The van der Waals surface area contributed by atoms with Gasteiger partial charge in [-0.2, -0.15) is 5.26 Å². The largest absolute Gasteiger partial charge is 0.449 e. The van der Waals surface area contributed by atoms with Crippen molar-refractivity contribution in [2.75, 3.05) is 11.6 Å². The van der Waals surface area contributed by atoms with E-state index in [-0.39, 0.29) is 16.1 Å². The highest BCUT2D eigenvalue weighted by atomic mass is 35.5. The van der Waals surface area contributed by atoms with E-state index in [1.807, 2.05) is 6.07 Å². The minimum atomic E-state index is -1.37. The quantitative estimate of drug-likeness (QED) is 0.791. The van der Waals surface area contributed by atoms with Crippen molar-refractivity contribution in [3.63, 3.8) is 0 Å². The first-order chi connectivity index (χ1) is 12.3. The van der Waals surface area contributed by atoms with Gasteiger partial charge < -0.3 is 10.1 Å². The van der Waals surface area contributed by atoms with Crippen molar-refractivity contribution in [1.29, 1.82) is 5.26 Å². The summed E-state index contributed by atoms with van der Waals surface area (Å²) in [6, 6.07) is 12.7. The third kappa shape index (κ3) is 4.69. The van der Waals surface area contributed by atoms with Crippen molar-refractivity contribution in [3.8, 4) is 6.07 Å². The summed E-state index contributed by atoms with van der Waals surface area (Å²) in [5.41, 5.74) is 0.805. The molecule has 0 aliphatic rings. The Morgan fingerprint density at radius 1 is 1.27 bits per heavy atom. The fourth-order valence-electron chi connectivity index (χ4n) is 2.09. The number of rotatable bonds is 5. The molecule has 2 aromatic carbocycles. The molecular weight excluding hydrogens is 376 g/mol. The van der Waals surface area contributed by atoms with Crippen LogP contribution in [0.25, 0.3) is 0 Å². The molecule has 0 spiro atoms. The van der Waals surface area contributed by atoms with Crippen molar-refractivity contribution in [3.05, 3.63) is 58.6 Å². The Hall–Kier alpha value is -2.69. The number of nitrogens with one attached hydrogen (secondary N) is 1. The van der Waals surface area contributed by atoms with Gasteiger partial charge in [-0.1, -0.05) is 23.7 Å². The van der Waals surface area contributed by atoms with Crippen LogP contribution in [-0.2, 0) is 20.3 Å². The number of hydrogen-bond acceptors (Lipinski definition) is 5. The van der Waals surface area contributed by atoms with Crippen LogP contribution in [0.4, 0.5) is 5.69 Å². The standard InChI is InChI=1S/C18H15ClN2O4S/c1-11(17(22)21-13-8-7-12(10-20)15(19)9-13)25-18(23)14-5-3-4-6-16(14)26(2)24/h3-9,11H,1-2H3,(H,21,22)/t11-,26-/m1/s1. The summed E-state index contributed by atoms with van der Waals surface area (Å²) in [5.74, 6) is -1.30. The Balaban J connectivity index is 2.08. The fourth-order valence-corrected chi connectivity index (χ4v) is 3.05. The highest BCUT2D eigenvalue weighted by Crippen LogP contribution is 2.21. The number of amides is 1. The Labute approximate surface area is 158 Å². The molecule has 0 unspecified atom stereocenters. The number of benzene rings is 2. The van der Waals surface area contributed by atoms with Crippen LogP contribution in [0, 0.1) is 11.3 Å². The lowest BCUT2D eigenvalue weighted by Gasteiger charge is -2.15. The van der Waals surface area contributed by atoms with Gasteiger partial charge in [-0.25, -0.2) is 4.79 Å². The third-order valence-corrected chi connectivity index (χ3v) is 4.71. The summed E-state index contributed by atoms with van der Waals surface area (Å²) in [6.45, 7) is 1.42. The number of nitrogens with zero attached hydrogens (tertiary/aromatic N) is 1. The predicted octanol–water partition coefficient (Wildman–Crippen LogP) is 3.13. The number of anilines is 1. The third-order valence-electron chi connectivity index (χ3n) is 3.43. The predicted molar refractivity (Wildman–Crippen MR) is 98.4 cm³/mol. The molecule has 1 amide bonds. The van der Waals surface area contributed by atoms with Gasteiger partial charge in [0.2, 0.25) is 0 Å². The lowest BCUT2D eigenvalue weighted by atomic mass is 10.2. The van der Waals surface area contributed by atoms with Gasteiger partial charge in [-0.05, 0) is 37.3 Å². The monoisotopic (exact) mass is 390 g/mol. The van der Waals surface area contributed by atoms with E-state index in [4.69, 9.17) is 21.6 Å². The molecule has 0 aliphatic carbocycles. The van der Waals surface area contributed by atoms with Crippen molar-refractivity contribution < 1.29 is 18.5 Å². The van der Waals surface area contributed by atoms with Crippen LogP contribution in [0.5, 0.6) is 0 Å². The second kappa shape index (κ2) is 8.61. The Bertz CT molecular complexity index is 924. The minimum absolute atomic E-state index is 0.148. The van der Waals surface area contributed by atoms with E-state index in [0.29, 0.717) is 10.6 Å². The van der Waals surface area contributed by atoms with Crippen LogP contribution in [0.15, 0.2) is 47.4 Å². The van der Waals surface area contributed by atoms with Crippen molar-refractivity contribution in [2.24, 2.45) is 0 Å². The first-order valence-electron chi connectivity index (χ1n) is 7.47. The van der Waals surface area contributed by atoms with Gasteiger partial charge in [0.25, 0.3) is 5.91 Å². The van der Waals surface area contributed by atoms with E-state index >= 15 is 0 Å². The maximum Gasteiger partial charge on any atom is 0.340 e. The number of nitriles is 1. The van der Waals surface area contributed by atoms with Gasteiger partial charge in [0.05, 0.1) is 31.8 Å². The van der Waals surface area contributed by atoms with E-state index < -0.39 is 28.8 Å². The zero-order valence-electron chi connectivity index (χ0n) is 14.0. The van der Waals surface area contributed by atoms with Gasteiger partial charge >= 0.3 is 5.97 Å². The molecule has 134 valence electrons. The van der Waals surface area contributed by atoms with E-state index in [1.165, 1.54) is 37.4 Å². The zero-order valence-corrected chi connectivity index (χ0v) is 15.6. The summed E-state index contributed by atoms with van der Waals surface area (Å²) in [5, 5.41) is 11.6. The van der Waals surface area contributed by atoms with Gasteiger partial charge in [-0.3, -0.25) is 9.00 Å². The molecule has 0 aliphatic heterocycles. The molecule has 0 saturated heterocycles. The molecule has 26 heavy (non-hydrogen) atoms. The van der Waals surface area contributed by atoms with Crippen LogP contribution in [0.3, 0.4) is 0 Å². The lowest BCUT2D eigenvalue weighted by molar-refractivity contribution is -0.123. The molecule has 8 heteroatoms. The lowest BCUT2D eigenvalue weighted by Crippen LogP contribution is -2.30. The van der Waals surface area contributed by atoms with E-state index in [0.717, 1.165) is 0 Å². The van der Waals surface area contributed by atoms with E-state index in [2.05, 4.69) is 5.32 Å². The van der Waals surface area contributed by atoms with Crippen LogP contribution in [-0.4, -0.2) is 28.4 Å². The fraction of sp³-hybridized carbons (Fsp3) is 0.167. The molecule has 0 radical (unpaired) electrons. The molecule has 2 atom stereocenters. The summed E-state index contributed by atoms with van der Waals surface area (Å²) in [7, 11) is -1.37. The smallest absolute Gasteiger partial charge is 0.340 e. The van der Waals surface area contributed by atoms with Crippen LogP contribution >= 0.6 is 11.6 Å². The molecule has 0 heterocycles. The zero-order chi connectivity index (χ0) is 19.3.